The van der Waals surface area contributed by atoms with Crippen molar-refractivity contribution in [2.75, 3.05) is 12.3 Å². The summed E-state index contributed by atoms with van der Waals surface area (Å²) in [7, 11) is 0. The minimum Gasteiger partial charge on any atom is -0.490 e. The monoisotopic (exact) mass is 334 g/mol. The highest BCUT2D eigenvalue weighted by Crippen LogP contribution is 2.33. The van der Waals surface area contributed by atoms with Crippen molar-refractivity contribution >= 4 is 11.8 Å². The Bertz CT molecular complexity index is 605. The van der Waals surface area contributed by atoms with Crippen LogP contribution in [0.15, 0.2) is 12.1 Å². The highest BCUT2D eigenvalue weighted by molar-refractivity contribution is 5.70. The number of rotatable bonds is 3. The SMILES string of the molecule is CC(C)C(C)Oc1ccc(N)c2c1CCN(C(=O)OC(C)(C)C)C2. The van der Waals surface area contributed by atoms with E-state index >= 15 is 0 Å². The van der Waals surface area contributed by atoms with E-state index in [2.05, 4.69) is 20.8 Å². The Morgan fingerprint density at radius 1 is 1.21 bits per heavy atom. The Morgan fingerprint density at radius 2 is 1.88 bits per heavy atom. The molecule has 24 heavy (non-hydrogen) atoms. The second-order valence-corrected chi connectivity index (χ2v) is 7.83. The average Bonchev–Trinajstić information content (AvgIpc) is 2.48. The Morgan fingerprint density at radius 3 is 2.46 bits per heavy atom. The van der Waals surface area contributed by atoms with Crippen molar-refractivity contribution in [1.82, 2.24) is 4.90 Å². The molecule has 1 amide bonds. The number of nitrogen functional groups attached to an aromatic ring is 1. The maximum atomic E-state index is 12.3. The summed E-state index contributed by atoms with van der Waals surface area (Å²) in [6.07, 6.45) is 0.552. The van der Waals surface area contributed by atoms with Gasteiger partial charge in [0.1, 0.15) is 11.4 Å². The van der Waals surface area contributed by atoms with E-state index in [0.717, 1.165) is 23.3 Å². The predicted octanol–water partition coefficient (Wildman–Crippen LogP) is 3.99. The van der Waals surface area contributed by atoms with E-state index in [0.29, 0.717) is 24.7 Å². The maximum Gasteiger partial charge on any atom is 0.410 e. The van der Waals surface area contributed by atoms with Crippen LogP contribution >= 0.6 is 0 Å². The smallest absolute Gasteiger partial charge is 0.410 e. The molecule has 1 aromatic carbocycles. The van der Waals surface area contributed by atoms with Gasteiger partial charge in [-0.25, -0.2) is 4.79 Å². The molecule has 5 nitrogen and oxygen atoms in total. The Balaban J connectivity index is 2.21. The lowest BCUT2D eigenvalue weighted by molar-refractivity contribution is 0.0223. The van der Waals surface area contributed by atoms with Crippen LogP contribution in [0.2, 0.25) is 0 Å². The van der Waals surface area contributed by atoms with E-state index in [9.17, 15) is 4.79 Å². The quantitative estimate of drug-likeness (QED) is 0.849. The lowest BCUT2D eigenvalue weighted by Gasteiger charge is -2.33. The van der Waals surface area contributed by atoms with Gasteiger partial charge in [-0.15, -0.1) is 0 Å². The summed E-state index contributed by atoms with van der Waals surface area (Å²) in [4.78, 5) is 14.0. The summed E-state index contributed by atoms with van der Waals surface area (Å²) in [6, 6.07) is 3.80. The number of hydrogen-bond donors (Lipinski definition) is 1. The van der Waals surface area contributed by atoms with Crippen LogP contribution in [0, 0.1) is 5.92 Å². The zero-order valence-corrected chi connectivity index (χ0v) is 15.7. The zero-order chi connectivity index (χ0) is 18.1. The first-order chi connectivity index (χ1) is 11.1. The van der Waals surface area contributed by atoms with Crippen LogP contribution in [0.4, 0.5) is 10.5 Å². The molecule has 0 saturated carbocycles. The summed E-state index contributed by atoms with van der Waals surface area (Å²) in [5, 5.41) is 0. The van der Waals surface area contributed by atoms with Gasteiger partial charge in [-0.1, -0.05) is 13.8 Å². The molecule has 1 heterocycles. The van der Waals surface area contributed by atoms with Crippen molar-refractivity contribution in [3.63, 3.8) is 0 Å². The van der Waals surface area contributed by atoms with Crippen molar-refractivity contribution in [3.05, 3.63) is 23.3 Å². The predicted molar refractivity (Wildman–Crippen MR) is 96.1 cm³/mol. The van der Waals surface area contributed by atoms with Crippen molar-refractivity contribution in [1.29, 1.82) is 0 Å². The van der Waals surface area contributed by atoms with Gasteiger partial charge in [0.2, 0.25) is 0 Å². The third kappa shape index (κ3) is 4.34. The second kappa shape index (κ2) is 6.91. The first-order valence-corrected chi connectivity index (χ1v) is 8.63. The summed E-state index contributed by atoms with van der Waals surface area (Å²) in [5.41, 5.74) is 8.44. The van der Waals surface area contributed by atoms with Crippen molar-refractivity contribution in [2.45, 2.75) is 66.2 Å². The van der Waals surface area contributed by atoms with Crippen LogP contribution in [-0.2, 0) is 17.7 Å². The highest BCUT2D eigenvalue weighted by atomic mass is 16.6. The van der Waals surface area contributed by atoms with Crippen LogP contribution in [0.1, 0.15) is 52.7 Å². The van der Waals surface area contributed by atoms with E-state index in [-0.39, 0.29) is 12.2 Å². The van der Waals surface area contributed by atoms with Crippen molar-refractivity contribution in [3.8, 4) is 5.75 Å². The van der Waals surface area contributed by atoms with Gasteiger partial charge in [0.15, 0.2) is 0 Å². The summed E-state index contributed by atoms with van der Waals surface area (Å²) in [5.74, 6) is 1.31. The lowest BCUT2D eigenvalue weighted by Crippen LogP contribution is -2.40. The van der Waals surface area contributed by atoms with E-state index in [1.54, 1.807) is 4.90 Å². The largest absolute Gasteiger partial charge is 0.490 e. The first kappa shape index (κ1) is 18.4. The molecule has 0 aromatic heterocycles. The second-order valence-electron chi connectivity index (χ2n) is 7.83. The Labute approximate surface area is 145 Å². The summed E-state index contributed by atoms with van der Waals surface area (Å²) < 4.78 is 11.6. The molecule has 0 aliphatic carbocycles. The normalized spacial score (nSPS) is 15.9. The number of nitrogens with zero attached hydrogens (tertiary/aromatic N) is 1. The Hall–Kier alpha value is -1.91. The van der Waals surface area contributed by atoms with E-state index in [1.165, 1.54) is 0 Å². The third-order valence-electron chi connectivity index (χ3n) is 4.31. The first-order valence-electron chi connectivity index (χ1n) is 8.63. The number of amides is 1. The molecule has 1 aliphatic heterocycles. The molecule has 0 bridgehead atoms. The molecule has 134 valence electrons. The van der Waals surface area contributed by atoms with E-state index in [4.69, 9.17) is 15.2 Å². The van der Waals surface area contributed by atoms with Gasteiger partial charge >= 0.3 is 6.09 Å². The maximum absolute atomic E-state index is 12.3. The summed E-state index contributed by atoms with van der Waals surface area (Å²) in [6.45, 7) is 13.0. The lowest BCUT2D eigenvalue weighted by atomic mass is 9.97. The van der Waals surface area contributed by atoms with Gasteiger partial charge in [-0.3, -0.25) is 0 Å². The van der Waals surface area contributed by atoms with Crippen LogP contribution in [0.3, 0.4) is 0 Å². The fourth-order valence-corrected chi connectivity index (χ4v) is 2.60. The number of carbonyl (C=O) groups excluding carboxylic acids is 1. The molecule has 1 atom stereocenters. The van der Waals surface area contributed by atoms with Gasteiger partial charge < -0.3 is 20.1 Å². The number of anilines is 1. The molecule has 0 radical (unpaired) electrons. The molecule has 0 spiro atoms. The zero-order valence-electron chi connectivity index (χ0n) is 15.7. The fraction of sp³-hybridized carbons (Fsp3) is 0.632. The van der Waals surface area contributed by atoms with Crippen LogP contribution < -0.4 is 10.5 Å². The summed E-state index contributed by atoms with van der Waals surface area (Å²) >= 11 is 0. The standard InChI is InChI=1S/C19H30N2O3/c1-12(2)13(3)23-17-8-7-16(20)15-11-21(10-9-14(15)17)18(22)24-19(4,5)6/h7-8,12-13H,9-11,20H2,1-6H3. The van der Waals surface area contributed by atoms with Crippen LogP contribution in [-0.4, -0.2) is 29.2 Å². The number of hydrogen-bond acceptors (Lipinski definition) is 4. The minimum atomic E-state index is -0.499. The van der Waals surface area contributed by atoms with Gasteiger partial charge in [0.05, 0.1) is 12.6 Å². The topological polar surface area (TPSA) is 64.8 Å². The molecule has 1 aliphatic rings. The molecule has 0 fully saturated rings. The fourth-order valence-electron chi connectivity index (χ4n) is 2.60. The number of benzene rings is 1. The minimum absolute atomic E-state index is 0.126. The van der Waals surface area contributed by atoms with Gasteiger partial charge in [-0.2, -0.15) is 0 Å². The molecular weight excluding hydrogens is 304 g/mol. The number of fused-ring (bicyclic) bond motifs is 1. The number of carbonyl (C=O) groups is 1. The average molecular weight is 334 g/mol. The molecule has 2 N–H and O–H groups in total. The van der Waals surface area contributed by atoms with Crippen molar-refractivity contribution < 1.29 is 14.3 Å². The van der Waals surface area contributed by atoms with Gasteiger partial charge in [0, 0.05) is 23.4 Å². The molecule has 1 unspecified atom stereocenters. The van der Waals surface area contributed by atoms with Crippen molar-refractivity contribution in [2.24, 2.45) is 5.92 Å². The molecular formula is C19H30N2O3. The van der Waals surface area contributed by atoms with Crippen LogP contribution in [0.25, 0.3) is 0 Å². The van der Waals surface area contributed by atoms with Gasteiger partial charge in [-0.05, 0) is 52.2 Å². The highest BCUT2D eigenvalue weighted by Gasteiger charge is 2.28. The van der Waals surface area contributed by atoms with Crippen LogP contribution in [0.5, 0.6) is 5.75 Å². The Kier molecular flexibility index (Phi) is 5.31. The molecule has 2 rings (SSSR count). The number of ether oxygens (including phenoxy) is 2. The van der Waals surface area contributed by atoms with E-state index in [1.807, 2.05) is 32.9 Å². The van der Waals surface area contributed by atoms with Gasteiger partial charge in [0.25, 0.3) is 0 Å². The molecule has 0 saturated heterocycles. The van der Waals surface area contributed by atoms with E-state index < -0.39 is 5.60 Å². The molecule has 1 aromatic rings. The molecule has 5 heteroatoms. The third-order valence-corrected chi connectivity index (χ3v) is 4.31. The number of nitrogens with two attached hydrogens (primary N) is 1.